The molecule has 1 fully saturated rings. The van der Waals surface area contributed by atoms with Crippen LogP contribution in [0.5, 0.6) is 11.5 Å². The number of esters is 1. The zero-order valence-corrected chi connectivity index (χ0v) is 14.8. The van der Waals surface area contributed by atoms with Crippen molar-refractivity contribution in [1.82, 2.24) is 0 Å². The van der Waals surface area contributed by atoms with Crippen LogP contribution in [-0.4, -0.2) is 43.0 Å². The lowest BCUT2D eigenvalue weighted by Gasteiger charge is -2.16. The number of methoxy groups -OCH3 is 1. The van der Waals surface area contributed by atoms with E-state index in [4.69, 9.17) is 9.47 Å². The first-order chi connectivity index (χ1) is 13.0. The van der Waals surface area contributed by atoms with Crippen LogP contribution in [0.15, 0.2) is 42.5 Å². The summed E-state index contributed by atoms with van der Waals surface area (Å²) in [5.41, 5.74) is 0.946. The van der Waals surface area contributed by atoms with Gasteiger partial charge in [-0.25, -0.2) is 4.79 Å². The molecule has 0 aromatic heterocycles. The van der Waals surface area contributed by atoms with Crippen molar-refractivity contribution in [3.63, 3.8) is 0 Å². The molecule has 2 aromatic carbocycles. The van der Waals surface area contributed by atoms with Gasteiger partial charge in [0.15, 0.2) is 12.4 Å². The summed E-state index contributed by atoms with van der Waals surface area (Å²) < 4.78 is 9.97. The van der Waals surface area contributed by atoms with E-state index in [2.05, 4.69) is 0 Å². The second-order valence-electron chi connectivity index (χ2n) is 6.08. The summed E-state index contributed by atoms with van der Waals surface area (Å²) in [4.78, 5) is 37.9. The summed E-state index contributed by atoms with van der Waals surface area (Å²) >= 11 is 0. The first-order valence-corrected chi connectivity index (χ1v) is 8.47. The van der Waals surface area contributed by atoms with Gasteiger partial charge in [-0.15, -0.1) is 0 Å². The van der Waals surface area contributed by atoms with Gasteiger partial charge in [0, 0.05) is 30.3 Å². The Morgan fingerprint density at radius 3 is 2.67 bits per heavy atom. The number of hydrogen-bond donors (Lipinski definition) is 1. The molecule has 1 N–H and O–H groups in total. The van der Waals surface area contributed by atoms with Gasteiger partial charge in [-0.2, -0.15) is 0 Å². The topological polar surface area (TPSA) is 93.1 Å². The molecule has 27 heavy (non-hydrogen) atoms. The smallest absolute Gasteiger partial charge is 0.342 e. The molecule has 1 saturated heterocycles. The number of carbonyl (C=O) groups is 3. The zero-order valence-electron chi connectivity index (χ0n) is 14.8. The number of Topliss-reactive ketones (excluding diaryl/α,β-unsaturated/α-hetero) is 1. The molecular formula is C20H19NO6. The molecular weight excluding hydrogens is 350 g/mol. The lowest BCUT2D eigenvalue weighted by atomic mass is 10.1. The summed E-state index contributed by atoms with van der Waals surface area (Å²) in [6.45, 7) is 0.157. The third-order valence-electron chi connectivity index (χ3n) is 4.31. The molecule has 140 valence electrons. The van der Waals surface area contributed by atoms with Crippen LogP contribution >= 0.6 is 0 Å². The molecule has 0 unspecified atom stereocenters. The second-order valence-corrected chi connectivity index (χ2v) is 6.08. The van der Waals surface area contributed by atoms with Crippen LogP contribution in [0.3, 0.4) is 0 Å². The molecule has 7 nitrogen and oxygen atoms in total. The van der Waals surface area contributed by atoms with Crippen LogP contribution in [0.2, 0.25) is 0 Å². The van der Waals surface area contributed by atoms with E-state index in [9.17, 15) is 19.5 Å². The molecule has 0 bridgehead atoms. The highest BCUT2D eigenvalue weighted by molar-refractivity contribution is 6.02. The van der Waals surface area contributed by atoms with E-state index < -0.39 is 18.4 Å². The maximum absolute atomic E-state index is 12.4. The van der Waals surface area contributed by atoms with E-state index in [0.29, 0.717) is 30.0 Å². The van der Waals surface area contributed by atoms with E-state index in [1.165, 1.54) is 25.3 Å². The Morgan fingerprint density at radius 2 is 2.00 bits per heavy atom. The van der Waals surface area contributed by atoms with Crippen LogP contribution in [-0.2, 0) is 9.53 Å². The van der Waals surface area contributed by atoms with Crippen LogP contribution < -0.4 is 9.64 Å². The van der Waals surface area contributed by atoms with E-state index in [-0.39, 0.29) is 17.2 Å². The zero-order chi connectivity index (χ0) is 19.4. The SMILES string of the molecule is COc1ccc(C(=O)OCC(=O)c2cccc(N3CCCC3=O)c2)c(O)c1. The Bertz CT molecular complexity index is 892. The standard InChI is InChI=1S/C20H19NO6/c1-26-15-7-8-16(17(22)11-15)20(25)27-12-18(23)13-4-2-5-14(10-13)21-9-3-6-19(21)24/h2,4-5,7-8,10-11,22H,3,6,9,12H2,1H3. The van der Waals surface area contributed by atoms with Gasteiger partial charge in [0.05, 0.1) is 7.11 Å². The molecule has 2 aromatic rings. The Labute approximate surface area is 156 Å². The monoisotopic (exact) mass is 369 g/mol. The molecule has 1 heterocycles. The lowest BCUT2D eigenvalue weighted by Crippen LogP contribution is -2.24. The van der Waals surface area contributed by atoms with Crippen LogP contribution in [0.4, 0.5) is 5.69 Å². The third kappa shape index (κ3) is 4.08. The fraction of sp³-hybridized carbons (Fsp3) is 0.250. The predicted molar refractivity (Wildman–Crippen MR) is 97.3 cm³/mol. The quantitative estimate of drug-likeness (QED) is 0.621. The maximum atomic E-state index is 12.4. The minimum absolute atomic E-state index is 0.0287. The molecule has 0 radical (unpaired) electrons. The maximum Gasteiger partial charge on any atom is 0.342 e. The number of ketones is 1. The number of aromatic hydroxyl groups is 1. The van der Waals surface area contributed by atoms with Gasteiger partial charge in [-0.1, -0.05) is 12.1 Å². The number of carbonyl (C=O) groups excluding carboxylic acids is 3. The summed E-state index contributed by atoms with van der Waals surface area (Å²) in [7, 11) is 1.44. The number of amides is 1. The average molecular weight is 369 g/mol. The van der Waals surface area contributed by atoms with E-state index in [1.54, 1.807) is 29.2 Å². The first-order valence-electron chi connectivity index (χ1n) is 8.47. The molecule has 1 aliphatic rings. The molecule has 0 saturated carbocycles. The molecule has 0 aliphatic carbocycles. The number of hydrogen-bond acceptors (Lipinski definition) is 6. The Balaban J connectivity index is 1.65. The highest BCUT2D eigenvalue weighted by Crippen LogP contribution is 2.25. The average Bonchev–Trinajstić information content (AvgIpc) is 3.11. The summed E-state index contributed by atoms with van der Waals surface area (Å²) in [6, 6.07) is 10.8. The van der Waals surface area contributed by atoms with Crippen molar-refractivity contribution in [2.24, 2.45) is 0 Å². The van der Waals surface area contributed by atoms with Crippen LogP contribution in [0.1, 0.15) is 33.6 Å². The normalized spacial score (nSPS) is 13.5. The predicted octanol–water partition coefficient (Wildman–Crippen LogP) is 2.57. The largest absolute Gasteiger partial charge is 0.507 e. The van der Waals surface area contributed by atoms with Crippen molar-refractivity contribution in [1.29, 1.82) is 0 Å². The molecule has 1 amide bonds. The number of nitrogens with zero attached hydrogens (tertiary/aromatic N) is 1. The number of ether oxygens (including phenoxy) is 2. The van der Waals surface area contributed by atoms with E-state index in [1.807, 2.05) is 0 Å². The number of anilines is 1. The van der Waals surface area contributed by atoms with Gasteiger partial charge in [0.1, 0.15) is 17.1 Å². The summed E-state index contributed by atoms with van der Waals surface area (Å²) in [6.07, 6.45) is 1.29. The first kappa shape index (κ1) is 18.4. The number of phenolic OH excluding ortho intramolecular Hbond substituents is 1. The highest BCUT2D eigenvalue weighted by Gasteiger charge is 2.22. The van der Waals surface area contributed by atoms with Gasteiger partial charge in [-0.05, 0) is 30.7 Å². The fourth-order valence-electron chi connectivity index (χ4n) is 2.87. The minimum atomic E-state index is -0.811. The summed E-state index contributed by atoms with van der Waals surface area (Å²) in [5, 5.41) is 9.85. The number of benzene rings is 2. The van der Waals surface area contributed by atoms with E-state index in [0.717, 1.165) is 6.42 Å². The molecule has 1 aliphatic heterocycles. The van der Waals surface area contributed by atoms with Gasteiger partial charge >= 0.3 is 5.97 Å². The highest BCUT2D eigenvalue weighted by atomic mass is 16.5. The van der Waals surface area contributed by atoms with Crippen molar-refractivity contribution in [2.75, 3.05) is 25.2 Å². The van der Waals surface area contributed by atoms with Gasteiger partial charge in [0.25, 0.3) is 0 Å². The van der Waals surface area contributed by atoms with Gasteiger partial charge in [0.2, 0.25) is 5.91 Å². The van der Waals surface area contributed by atoms with Crippen LogP contribution in [0.25, 0.3) is 0 Å². The minimum Gasteiger partial charge on any atom is -0.507 e. The molecule has 3 rings (SSSR count). The fourth-order valence-corrected chi connectivity index (χ4v) is 2.87. The van der Waals surface area contributed by atoms with Crippen molar-refractivity contribution in [3.05, 3.63) is 53.6 Å². The molecule has 7 heteroatoms. The van der Waals surface area contributed by atoms with Gasteiger partial charge < -0.3 is 19.5 Å². The summed E-state index contributed by atoms with van der Waals surface area (Å²) in [5.74, 6) is -1.07. The lowest BCUT2D eigenvalue weighted by molar-refractivity contribution is -0.117. The Morgan fingerprint density at radius 1 is 1.19 bits per heavy atom. The molecule has 0 atom stereocenters. The Hall–Kier alpha value is -3.35. The Kier molecular flexibility index (Phi) is 5.40. The van der Waals surface area contributed by atoms with Crippen molar-refractivity contribution < 1.29 is 29.0 Å². The second kappa shape index (κ2) is 7.90. The molecule has 0 spiro atoms. The number of rotatable bonds is 6. The van der Waals surface area contributed by atoms with E-state index >= 15 is 0 Å². The third-order valence-corrected chi connectivity index (χ3v) is 4.31. The van der Waals surface area contributed by atoms with Crippen LogP contribution in [0, 0.1) is 0 Å². The van der Waals surface area contributed by atoms with Crippen molar-refractivity contribution in [2.45, 2.75) is 12.8 Å². The van der Waals surface area contributed by atoms with Crippen molar-refractivity contribution in [3.8, 4) is 11.5 Å². The van der Waals surface area contributed by atoms with Crippen molar-refractivity contribution >= 4 is 23.3 Å². The van der Waals surface area contributed by atoms with Gasteiger partial charge in [-0.3, -0.25) is 9.59 Å². The number of phenols is 1.